The third-order valence-corrected chi connectivity index (χ3v) is 3.41. The van der Waals surface area contributed by atoms with Crippen LogP contribution < -0.4 is 16.4 Å². The molecule has 0 fully saturated rings. The molecule has 0 radical (unpaired) electrons. The van der Waals surface area contributed by atoms with Crippen LogP contribution in [0.5, 0.6) is 0 Å². The molecule has 0 saturated carbocycles. The number of unbranched alkanes of at least 4 members (excludes halogenated alkanes) is 3. The topological polar surface area (TPSA) is 67.1 Å². The van der Waals surface area contributed by atoms with E-state index in [0.29, 0.717) is 17.3 Å². The van der Waals surface area contributed by atoms with Gasteiger partial charge in [0.25, 0.3) is 5.91 Å². The molecule has 20 heavy (non-hydrogen) atoms. The van der Waals surface area contributed by atoms with Gasteiger partial charge in [0.1, 0.15) is 0 Å². The molecule has 1 atom stereocenters. The number of benzene rings is 1. The molecule has 0 aliphatic carbocycles. The third-order valence-electron chi connectivity index (χ3n) is 3.41. The molecule has 0 aromatic heterocycles. The van der Waals surface area contributed by atoms with Crippen molar-refractivity contribution in [2.24, 2.45) is 0 Å². The molecule has 1 amide bonds. The molecule has 112 valence electrons. The standard InChI is InChI=1S/C16H27N3O/c1-4-5-6-7-8-12(2)19-15-11-13(17)9-10-14(15)16(20)18-3/h9-12,19H,4-8,17H2,1-3H3,(H,18,20). The van der Waals surface area contributed by atoms with Gasteiger partial charge in [-0.05, 0) is 31.5 Å². The van der Waals surface area contributed by atoms with Gasteiger partial charge in [-0.1, -0.05) is 32.6 Å². The summed E-state index contributed by atoms with van der Waals surface area (Å²) in [5, 5.41) is 6.06. The molecule has 0 saturated heterocycles. The summed E-state index contributed by atoms with van der Waals surface area (Å²) in [6, 6.07) is 5.67. The van der Waals surface area contributed by atoms with Gasteiger partial charge in [0, 0.05) is 24.5 Å². The first-order valence-corrected chi connectivity index (χ1v) is 7.46. The van der Waals surface area contributed by atoms with E-state index in [4.69, 9.17) is 5.73 Å². The number of hydrogen-bond acceptors (Lipinski definition) is 3. The number of carbonyl (C=O) groups is 1. The van der Waals surface area contributed by atoms with Crippen LogP contribution >= 0.6 is 0 Å². The Morgan fingerprint density at radius 2 is 2.05 bits per heavy atom. The van der Waals surface area contributed by atoms with Crippen molar-refractivity contribution in [3.63, 3.8) is 0 Å². The second kappa shape index (κ2) is 8.46. The van der Waals surface area contributed by atoms with Gasteiger partial charge in [-0.3, -0.25) is 4.79 Å². The number of rotatable bonds is 8. The van der Waals surface area contributed by atoms with Crippen molar-refractivity contribution < 1.29 is 4.79 Å². The van der Waals surface area contributed by atoms with Crippen LogP contribution in [0, 0.1) is 0 Å². The molecular formula is C16H27N3O. The van der Waals surface area contributed by atoms with Crippen LogP contribution in [-0.2, 0) is 0 Å². The number of amides is 1. The van der Waals surface area contributed by atoms with Crippen LogP contribution in [-0.4, -0.2) is 19.0 Å². The molecule has 0 spiro atoms. The van der Waals surface area contributed by atoms with E-state index < -0.39 is 0 Å². The van der Waals surface area contributed by atoms with E-state index in [1.807, 2.05) is 6.07 Å². The smallest absolute Gasteiger partial charge is 0.253 e. The van der Waals surface area contributed by atoms with E-state index in [-0.39, 0.29) is 5.91 Å². The third kappa shape index (κ3) is 5.11. The normalized spacial score (nSPS) is 11.9. The second-order valence-corrected chi connectivity index (χ2v) is 5.28. The lowest BCUT2D eigenvalue weighted by Crippen LogP contribution is -2.22. The maximum atomic E-state index is 11.8. The van der Waals surface area contributed by atoms with Crippen LogP contribution in [0.25, 0.3) is 0 Å². The molecule has 1 aromatic rings. The van der Waals surface area contributed by atoms with Crippen molar-refractivity contribution >= 4 is 17.3 Å². The van der Waals surface area contributed by atoms with Gasteiger partial charge in [-0.15, -0.1) is 0 Å². The number of nitrogen functional groups attached to an aromatic ring is 1. The van der Waals surface area contributed by atoms with Crippen molar-refractivity contribution in [3.8, 4) is 0 Å². The van der Waals surface area contributed by atoms with E-state index in [9.17, 15) is 4.79 Å². The largest absolute Gasteiger partial charge is 0.399 e. The fraction of sp³-hybridized carbons (Fsp3) is 0.562. The Morgan fingerprint density at radius 1 is 1.30 bits per heavy atom. The van der Waals surface area contributed by atoms with Gasteiger partial charge in [-0.2, -0.15) is 0 Å². The SMILES string of the molecule is CCCCCCC(C)Nc1cc(N)ccc1C(=O)NC. The molecule has 0 bridgehead atoms. The summed E-state index contributed by atoms with van der Waals surface area (Å²) in [4.78, 5) is 11.8. The zero-order valence-corrected chi connectivity index (χ0v) is 12.8. The summed E-state index contributed by atoms with van der Waals surface area (Å²) in [7, 11) is 1.64. The molecule has 4 nitrogen and oxygen atoms in total. The van der Waals surface area contributed by atoms with Gasteiger partial charge < -0.3 is 16.4 Å². The number of nitrogens with one attached hydrogen (secondary N) is 2. The minimum Gasteiger partial charge on any atom is -0.399 e. The van der Waals surface area contributed by atoms with Crippen LogP contribution in [0.1, 0.15) is 56.3 Å². The monoisotopic (exact) mass is 277 g/mol. The minimum absolute atomic E-state index is 0.0920. The van der Waals surface area contributed by atoms with Crippen molar-refractivity contribution in [2.45, 2.75) is 52.0 Å². The summed E-state index contributed by atoms with van der Waals surface area (Å²) in [6.45, 7) is 4.35. The lowest BCUT2D eigenvalue weighted by molar-refractivity contribution is 0.0964. The average molecular weight is 277 g/mol. The van der Waals surface area contributed by atoms with E-state index >= 15 is 0 Å². The molecule has 0 aliphatic heterocycles. The summed E-state index contributed by atoms with van der Waals surface area (Å²) in [6.07, 6.45) is 6.11. The first-order valence-electron chi connectivity index (χ1n) is 7.46. The van der Waals surface area contributed by atoms with Crippen molar-refractivity contribution in [1.82, 2.24) is 5.32 Å². The van der Waals surface area contributed by atoms with Gasteiger partial charge in [-0.25, -0.2) is 0 Å². The van der Waals surface area contributed by atoms with Crippen molar-refractivity contribution in [1.29, 1.82) is 0 Å². The highest BCUT2D eigenvalue weighted by atomic mass is 16.1. The minimum atomic E-state index is -0.0920. The van der Waals surface area contributed by atoms with Crippen LogP contribution in [0.3, 0.4) is 0 Å². The number of nitrogens with two attached hydrogens (primary N) is 1. The Labute approximate surface area is 122 Å². The lowest BCUT2D eigenvalue weighted by atomic mass is 10.1. The number of carbonyl (C=O) groups excluding carboxylic acids is 1. The molecule has 1 rings (SSSR count). The highest BCUT2D eigenvalue weighted by molar-refractivity contribution is 6.00. The molecule has 0 heterocycles. The summed E-state index contributed by atoms with van der Waals surface area (Å²) < 4.78 is 0. The summed E-state index contributed by atoms with van der Waals surface area (Å²) in [5.41, 5.74) is 7.93. The van der Waals surface area contributed by atoms with E-state index in [0.717, 1.165) is 12.1 Å². The maximum absolute atomic E-state index is 11.8. The molecule has 4 N–H and O–H groups in total. The molecule has 1 aromatic carbocycles. The highest BCUT2D eigenvalue weighted by Gasteiger charge is 2.12. The zero-order chi connectivity index (χ0) is 15.0. The first-order chi connectivity index (χ1) is 9.58. The van der Waals surface area contributed by atoms with E-state index in [1.165, 1.54) is 25.7 Å². The Hall–Kier alpha value is -1.71. The Balaban J connectivity index is 2.65. The van der Waals surface area contributed by atoms with Gasteiger partial charge in [0.2, 0.25) is 0 Å². The fourth-order valence-electron chi connectivity index (χ4n) is 2.23. The zero-order valence-electron chi connectivity index (χ0n) is 12.8. The lowest BCUT2D eigenvalue weighted by Gasteiger charge is -2.18. The predicted molar refractivity (Wildman–Crippen MR) is 86.1 cm³/mol. The van der Waals surface area contributed by atoms with E-state index in [2.05, 4.69) is 24.5 Å². The summed E-state index contributed by atoms with van der Waals surface area (Å²) >= 11 is 0. The summed E-state index contributed by atoms with van der Waals surface area (Å²) in [5.74, 6) is -0.0920. The van der Waals surface area contributed by atoms with Crippen molar-refractivity contribution in [2.75, 3.05) is 18.1 Å². The molecular weight excluding hydrogens is 250 g/mol. The number of hydrogen-bond donors (Lipinski definition) is 3. The van der Waals surface area contributed by atoms with Gasteiger partial charge in [0.15, 0.2) is 0 Å². The maximum Gasteiger partial charge on any atom is 0.253 e. The highest BCUT2D eigenvalue weighted by Crippen LogP contribution is 2.21. The van der Waals surface area contributed by atoms with Crippen LogP contribution in [0.4, 0.5) is 11.4 Å². The van der Waals surface area contributed by atoms with Crippen LogP contribution in [0.2, 0.25) is 0 Å². The molecule has 4 heteroatoms. The molecule has 1 unspecified atom stereocenters. The van der Waals surface area contributed by atoms with Gasteiger partial charge >= 0.3 is 0 Å². The Bertz CT molecular complexity index is 432. The molecule has 0 aliphatic rings. The van der Waals surface area contributed by atoms with Crippen LogP contribution in [0.15, 0.2) is 18.2 Å². The Morgan fingerprint density at radius 3 is 2.70 bits per heavy atom. The fourth-order valence-corrected chi connectivity index (χ4v) is 2.23. The van der Waals surface area contributed by atoms with Gasteiger partial charge in [0.05, 0.1) is 5.56 Å². The number of anilines is 2. The van der Waals surface area contributed by atoms with Crippen molar-refractivity contribution in [3.05, 3.63) is 23.8 Å². The average Bonchev–Trinajstić information content (AvgIpc) is 2.43. The first kappa shape index (κ1) is 16.3. The quantitative estimate of drug-likeness (QED) is 0.504. The predicted octanol–water partition coefficient (Wildman–Crippen LogP) is 3.40. The second-order valence-electron chi connectivity index (χ2n) is 5.28. The Kier molecular flexibility index (Phi) is 6.91. The van der Waals surface area contributed by atoms with E-state index in [1.54, 1.807) is 19.2 Å².